The van der Waals surface area contributed by atoms with Gasteiger partial charge in [-0.1, -0.05) is 0 Å². The number of fused-ring (bicyclic) bond motifs is 1. The second kappa shape index (κ2) is 7.07. The number of nitrogens with zero attached hydrogens (tertiary/aromatic N) is 1. The van der Waals surface area contributed by atoms with Crippen LogP contribution in [0, 0.1) is 0 Å². The lowest BCUT2D eigenvalue weighted by molar-refractivity contribution is -0.137. The van der Waals surface area contributed by atoms with Gasteiger partial charge in [0.15, 0.2) is 11.5 Å². The molecule has 0 N–H and O–H groups in total. The molecule has 3 rings (SSSR count). The molecule has 0 saturated heterocycles. The van der Waals surface area contributed by atoms with Crippen molar-refractivity contribution in [2.24, 2.45) is 0 Å². The van der Waals surface area contributed by atoms with Crippen molar-refractivity contribution in [3.63, 3.8) is 0 Å². The van der Waals surface area contributed by atoms with Gasteiger partial charge in [0.25, 0.3) is 0 Å². The van der Waals surface area contributed by atoms with Gasteiger partial charge in [0.2, 0.25) is 0 Å². The zero-order valence-electron chi connectivity index (χ0n) is 14.8. The van der Waals surface area contributed by atoms with E-state index in [0.717, 1.165) is 29.8 Å². The monoisotopic (exact) mass is 367 g/mol. The molecule has 0 aliphatic carbocycles. The van der Waals surface area contributed by atoms with Crippen LogP contribution in [0.2, 0.25) is 0 Å². The Morgan fingerprint density at radius 3 is 2.19 bits per heavy atom. The van der Waals surface area contributed by atoms with Crippen LogP contribution in [0.4, 0.5) is 13.2 Å². The van der Waals surface area contributed by atoms with Crippen LogP contribution in [-0.4, -0.2) is 32.7 Å². The topological polar surface area (TPSA) is 30.9 Å². The van der Waals surface area contributed by atoms with E-state index in [4.69, 9.17) is 14.2 Å². The Labute approximate surface area is 150 Å². The zero-order chi connectivity index (χ0) is 18.9. The van der Waals surface area contributed by atoms with Gasteiger partial charge in [-0.15, -0.1) is 0 Å². The van der Waals surface area contributed by atoms with Crippen LogP contribution >= 0.6 is 0 Å². The van der Waals surface area contributed by atoms with Crippen molar-refractivity contribution >= 4 is 0 Å². The molecule has 1 unspecified atom stereocenters. The van der Waals surface area contributed by atoms with E-state index in [-0.39, 0.29) is 6.10 Å². The quantitative estimate of drug-likeness (QED) is 0.807. The van der Waals surface area contributed by atoms with Crippen LogP contribution in [0.15, 0.2) is 36.4 Å². The highest BCUT2D eigenvalue weighted by molar-refractivity contribution is 5.49. The van der Waals surface area contributed by atoms with E-state index >= 15 is 0 Å². The van der Waals surface area contributed by atoms with E-state index in [1.54, 1.807) is 14.2 Å². The average molecular weight is 367 g/mol. The Balaban J connectivity index is 1.89. The van der Waals surface area contributed by atoms with E-state index in [1.165, 1.54) is 12.1 Å². The maximum atomic E-state index is 12.7. The summed E-state index contributed by atoms with van der Waals surface area (Å²) in [7, 11) is 5.10. The van der Waals surface area contributed by atoms with Crippen LogP contribution in [0.5, 0.6) is 17.2 Å². The number of methoxy groups -OCH3 is 2. The molecule has 0 saturated carbocycles. The van der Waals surface area contributed by atoms with Gasteiger partial charge in [-0.25, -0.2) is 0 Å². The molecule has 7 heteroatoms. The fraction of sp³-hybridized carbons (Fsp3) is 0.368. The molecule has 26 heavy (non-hydrogen) atoms. The molecule has 1 aliphatic rings. The summed E-state index contributed by atoms with van der Waals surface area (Å²) in [5.41, 5.74) is 1.28. The molecule has 0 spiro atoms. The molecule has 2 aromatic carbocycles. The first-order valence-electron chi connectivity index (χ1n) is 8.09. The van der Waals surface area contributed by atoms with Gasteiger partial charge in [0, 0.05) is 18.7 Å². The zero-order valence-corrected chi connectivity index (χ0v) is 14.8. The highest BCUT2D eigenvalue weighted by Gasteiger charge is 2.31. The molecule has 1 aliphatic heterocycles. The van der Waals surface area contributed by atoms with Crippen LogP contribution < -0.4 is 14.2 Å². The van der Waals surface area contributed by atoms with Gasteiger partial charge in [-0.2, -0.15) is 13.2 Å². The predicted molar refractivity (Wildman–Crippen MR) is 90.7 cm³/mol. The maximum Gasteiger partial charge on any atom is 0.416 e. The number of hydrogen-bond acceptors (Lipinski definition) is 4. The first-order chi connectivity index (χ1) is 12.3. The summed E-state index contributed by atoms with van der Waals surface area (Å²) in [5, 5.41) is 0. The van der Waals surface area contributed by atoms with Crippen molar-refractivity contribution in [1.29, 1.82) is 0 Å². The molecule has 0 amide bonds. The first kappa shape index (κ1) is 18.4. The van der Waals surface area contributed by atoms with Crippen LogP contribution in [-0.2, 0) is 12.7 Å². The molecule has 0 fully saturated rings. The Kier molecular flexibility index (Phi) is 5.00. The highest BCUT2D eigenvalue weighted by Crippen LogP contribution is 2.38. The number of halogens is 3. The number of ether oxygens (including phenoxy) is 3. The summed E-state index contributed by atoms with van der Waals surface area (Å²) in [6, 6.07) is 8.52. The Hall–Kier alpha value is -2.41. The van der Waals surface area contributed by atoms with Gasteiger partial charge in [0.1, 0.15) is 11.9 Å². The third-order valence-corrected chi connectivity index (χ3v) is 4.37. The molecule has 140 valence electrons. The van der Waals surface area contributed by atoms with E-state index in [1.807, 2.05) is 19.2 Å². The smallest absolute Gasteiger partial charge is 0.416 e. The van der Waals surface area contributed by atoms with Crippen molar-refractivity contribution < 1.29 is 27.4 Å². The van der Waals surface area contributed by atoms with Gasteiger partial charge in [-0.05, 0) is 49.0 Å². The summed E-state index contributed by atoms with van der Waals surface area (Å²) in [5.74, 6) is 1.62. The number of hydrogen-bond donors (Lipinski definition) is 0. The molecular weight excluding hydrogens is 347 g/mol. The van der Waals surface area contributed by atoms with Crippen molar-refractivity contribution in [3.05, 3.63) is 53.1 Å². The summed E-state index contributed by atoms with van der Waals surface area (Å²) in [6.07, 6.45) is -4.68. The Morgan fingerprint density at radius 2 is 1.62 bits per heavy atom. The van der Waals surface area contributed by atoms with Crippen LogP contribution in [0.1, 0.15) is 22.8 Å². The van der Waals surface area contributed by atoms with E-state index < -0.39 is 11.7 Å². The predicted octanol–water partition coefficient (Wildman–Crippen LogP) is 4.29. The SMILES string of the molecule is COc1cc2c(cc1OC)C(Oc1ccc(C(F)(F)F)cc1)CN(C)C2. The highest BCUT2D eigenvalue weighted by atomic mass is 19.4. The second-order valence-corrected chi connectivity index (χ2v) is 6.23. The van der Waals surface area contributed by atoms with Gasteiger partial charge in [-0.3, -0.25) is 4.90 Å². The third-order valence-electron chi connectivity index (χ3n) is 4.37. The molecule has 1 heterocycles. The summed E-state index contributed by atoms with van der Waals surface area (Å²) < 4.78 is 54.8. The van der Waals surface area contributed by atoms with Crippen molar-refractivity contribution in [2.45, 2.75) is 18.8 Å². The fourth-order valence-electron chi connectivity index (χ4n) is 3.10. The maximum absolute atomic E-state index is 12.7. The third kappa shape index (κ3) is 3.72. The van der Waals surface area contributed by atoms with E-state index in [0.29, 0.717) is 23.8 Å². The van der Waals surface area contributed by atoms with Crippen molar-refractivity contribution in [1.82, 2.24) is 4.90 Å². The molecule has 1 atom stereocenters. The average Bonchev–Trinajstić information content (AvgIpc) is 2.60. The summed E-state index contributed by atoms with van der Waals surface area (Å²) in [6.45, 7) is 1.34. The van der Waals surface area contributed by atoms with Crippen molar-refractivity contribution in [2.75, 3.05) is 27.8 Å². The lowest BCUT2D eigenvalue weighted by Crippen LogP contribution is -2.33. The van der Waals surface area contributed by atoms with Crippen LogP contribution in [0.3, 0.4) is 0 Å². The summed E-state index contributed by atoms with van der Waals surface area (Å²) in [4.78, 5) is 2.09. The molecule has 0 radical (unpaired) electrons. The minimum absolute atomic E-state index is 0.319. The Bertz CT molecular complexity index is 775. The number of likely N-dealkylation sites (N-methyl/N-ethyl adjacent to an activating group) is 1. The molecular formula is C19H20F3NO3. The molecule has 0 bridgehead atoms. The fourth-order valence-corrected chi connectivity index (χ4v) is 3.10. The van der Waals surface area contributed by atoms with Gasteiger partial charge < -0.3 is 14.2 Å². The lowest BCUT2D eigenvalue weighted by Gasteiger charge is -2.33. The number of rotatable bonds is 4. The second-order valence-electron chi connectivity index (χ2n) is 6.23. The molecule has 0 aromatic heterocycles. The normalized spacial score (nSPS) is 17.5. The minimum Gasteiger partial charge on any atom is -0.493 e. The lowest BCUT2D eigenvalue weighted by atomic mass is 9.96. The first-order valence-corrected chi connectivity index (χ1v) is 8.09. The van der Waals surface area contributed by atoms with Gasteiger partial charge in [0.05, 0.1) is 19.8 Å². The standard InChI is InChI=1S/C19H20F3NO3/c1-23-10-12-8-16(24-2)17(25-3)9-15(12)18(11-23)26-14-6-4-13(5-7-14)19(20,21)22/h4-9,18H,10-11H2,1-3H3. The largest absolute Gasteiger partial charge is 0.493 e. The van der Waals surface area contributed by atoms with Crippen LogP contribution in [0.25, 0.3) is 0 Å². The molecule has 4 nitrogen and oxygen atoms in total. The summed E-state index contributed by atoms with van der Waals surface area (Å²) >= 11 is 0. The minimum atomic E-state index is -4.36. The Morgan fingerprint density at radius 1 is 1.00 bits per heavy atom. The van der Waals surface area contributed by atoms with E-state index in [9.17, 15) is 13.2 Å². The van der Waals surface area contributed by atoms with Gasteiger partial charge >= 0.3 is 6.18 Å². The van der Waals surface area contributed by atoms with E-state index in [2.05, 4.69) is 4.90 Å². The number of benzene rings is 2. The number of alkyl halides is 3. The van der Waals surface area contributed by atoms with Crippen molar-refractivity contribution in [3.8, 4) is 17.2 Å². The molecule has 2 aromatic rings.